The minimum absolute atomic E-state index is 0.235. The number of hydrogen-bond donors (Lipinski definition) is 2. The van der Waals surface area contributed by atoms with Crippen LogP contribution >= 0.6 is 0 Å². The highest BCUT2D eigenvalue weighted by Gasteiger charge is 2.50. The molecule has 6 nitrogen and oxygen atoms in total. The van der Waals surface area contributed by atoms with Crippen LogP contribution < -0.4 is 11.1 Å². The van der Waals surface area contributed by atoms with Crippen LogP contribution in [0.5, 0.6) is 0 Å². The molecule has 124 valence electrons. The minimum atomic E-state index is -0.602. The molecule has 6 heteroatoms. The molecular formula is C15H31N3O3. The van der Waals surface area contributed by atoms with Gasteiger partial charge in [-0.05, 0) is 31.7 Å². The molecule has 0 aromatic heterocycles. The Hall–Kier alpha value is -0.690. The molecule has 1 aliphatic rings. The lowest BCUT2D eigenvalue weighted by atomic mass is 9.91. The Morgan fingerprint density at radius 1 is 1.29 bits per heavy atom. The molecule has 1 unspecified atom stereocenters. The Balaban J connectivity index is 2.71. The Bertz CT molecular complexity index is 311. The fourth-order valence-electron chi connectivity index (χ4n) is 2.86. The summed E-state index contributed by atoms with van der Waals surface area (Å²) in [5.74, 6) is 0.128. The third kappa shape index (κ3) is 5.54. The topological polar surface area (TPSA) is 76.8 Å². The summed E-state index contributed by atoms with van der Waals surface area (Å²) in [6, 6.07) is 0. The van der Waals surface area contributed by atoms with Gasteiger partial charge in [-0.15, -0.1) is 0 Å². The fraction of sp³-hybridized carbons (Fsp3) is 0.933. The highest BCUT2D eigenvalue weighted by atomic mass is 16.5. The van der Waals surface area contributed by atoms with Crippen LogP contribution in [-0.4, -0.2) is 70.0 Å². The first-order chi connectivity index (χ1) is 10.1. The van der Waals surface area contributed by atoms with Crippen LogP contribution in [0, 0.1) is 5.92 Å². The summed E-state index contributed by atoms with van der Waals surface area (Å²) in [6.07, 6.45) is 3.09. The zero-order chi connectivity index (χ0) is 15.7. The number of rotatable bonds is 13. The number of nitrogens with zero attached hydrogens (tertiary/aromatic N) is 1. The van der Waals surface area contributed by atoms with Crippen molar-refractivity contribution in [1.82, 2.24) is 10.2 Å². The summed E-state index contributed by atoms with van der Waals surface area (Å²) >= 11 is 0. The maximum absolute atomic E-state index is 12.1. The van der Waals surface area contributed by atoms with Gasteiger partial charge in [0.1, 0.15) is 5.54 Å². The predicted molar refractivity (Wildman–Crippen MR) is 83.1 cm³/mol. The van der Waals surface area contributed by atoms with Gasteiger partial charge < -0.3 is 20.5 Å². The maximum atomic E-state index is 12.1. The smallest absolute Gasteiger partial charge is 0.239 e. The minimum Gasteiger partial charge on any atom is -0.385 e. The van der Waals surface area contributed by atoms with Crippen LogP contribution in [0.2, 0.25) is 0 Å². The van der Waals surface area contributed by atoms with Gasteiger partial charge in [-0.25, -0.2) is 0 Å². The monoisotopic (exact) mass is 301 g/mol. The van der Waals surface area contributed by atoms with E-state index in [2.05, 4.69) is 10.2 Å². The number of ether oxygens (including phenoxy) is 2. The number of methoxy groups -OCH3 is 2. The standard InChI is InChI=1S/C15H31N3O3/c1-4-17-15(14(16)19,13-6-7-13)12-18(9-11-21-3)8-5-10-20-2/h13,17H,4-12H2,1-3H3,(H2,16,19). The van der Waals surface area contributed by atoms with E-state index in [0.717, 1.165) is 45.5 Å². The van der Waals surface area contributed by atoms with Gasteiger partial charge in [-0.1, -0.05) is 6.92 Å². The molecule has 1 atom stereocenters. The van der Waals surface area contributed by atoms with Crippen molar-refractivity contribution in [3.8, 4) is 0 Å². The molecule has 1 amide bonds. The first kappa shape index (κ1) is 18.4. The second kappa shape index (κ2) is 9.35. The lowest BCUT2D eigenvalue weighted by Crippen LogP contribution is -2.63. The lowest BCUT2D eigenvalue weighted by molar-refractivity contribution is -0.126. The largest absolute Gasteiger partial charge is 0.385 e. The lowest BCUT2D eigenvalue weighted by Gasteiger charge is -2.37. The molecule has 0 spiro atoms. The summed E-state index contributed by atoms with van der Waals surface area (Å²) in [6.45, 7) is 6.46. The number of carbonyl (C=O) groups excluding carboxylic acids is 1. The van der Waals surface area contributed by atoms with Crippen molar-refractivity contribution < 1.29 is 14.3 Å². The van der Waals surface area contributed by atoms with E-state index < -0.39 is 5.54 Å². The van der Waals surface area contributed by atoms with Crippen molar-refractivity contribution in [2.24, 2.45) is 11.7 Å². The highest BCUT2D eigenvalue weighted by Crippen LogP contribution is 2.40. The summed E-state index contributed by atoms with van der Waals surface area (Å²) in [5, 5.41) is 3.37. The molecule has 0 aromatic carbocycles. The quantitative estimate of drug-likeness (QED) is 0.476. The van der Waals surface area contributed by atoms with Crippen molar-refractivity contribution in [3.63, 3.8) is 0 Å². The average Bonchev–Trinajstić information content (AvgIpc) is 3.28. The summed E-state index contributed by atoms with van der Waals surface area (Å²) in [5.41, 5.74) is 5.14. The van der Waals surface area contributed by atoms with Gasteiger partial charge in [-0.3, -0.25) is 9.69 Å². The molecular weight excluding hydrogens is 270 g/mol. The van der Waals surface area contributed by atoms with Crippen LogP contribution in [0.3, 0.4) is 0 Å². The van der Waals surface area contributed by atoms with Crippen LogP contribution in [0.15, 0.2) is 0 Å². The van der Waals surface area contributed by atoms with Gasteiger partial charge in [0.15, 0.2) is 0 Å². The third-order valence-corrected chi connectivity index (χ3v) is 4.11. The normalized spacial score (nSPS) is 17.9. The van der Waals surface area contributed by atoms with Crippen LogP contribution in [0.1, 0.15) is 26.2 Å². The molecule has 21 heavy (non-hydrogen) atoms. The zero-order valence-electron chi connectivity index (χ0n) is 13.7. The van der Waals surface area contributed by atoms with Gasteiger partial charge in [0.25, 0.3) is 0 Å². The second-order valence-electron chi connectivity index (χ2n) is 5.76. The van der Waals surface area contributed by atoms with E-state index in [1.165, 1.54) is 0 Å². The molecule has 1 fully saturated rings. The second-order valence-corrected chi connectivity index (χ2v) is 5.76. The number of nitrogens with one attached hydrogen (secondary N) is 1. The SMILES string of the molecule is CCNC(CN(CCCOC)CCOC)(C(N)=O)C1CC1. The van der Waals surface area contributed by atoms with E-state index >= 15 is 0 Å². The average molecular weight is 301 g/mol. The number of carbonyl (C=O) groups is 1. The molecule has 0 radical (unpaired) electrons. The zero-order valence-corrected chi connectivity index (χ0v) is 13.7. The van der Waals surface area contributed by atoms with E-state index in [1.807, 2.05) is 6.92 Å². The molecule has 1 rings (SSSR count). The Labute approximate surface area is 128 Å². The highest BCUT2D eigenvalue weighted by molar-refractivity contribution is 5.86. The molecule has 0 saturated heterocycles. The molecule has 0 aromatic rings. The Morgan fingerprint density at radius 2 is 1.95 bits per heavy atom. The Morgan fingerprint density at radius 3 is 2.43 bits per heavy atom. The first-order valence-electron chi connectivity index (χ1n) is 7.85. The molecule has 3 N–H and O–H groups in total. The number of hydrogen-bond acceptors (Lipinski definition) is 5. The summed E-state index contributed by atoms with van der Waals surface area (Å²) < 4.78 is 10.3. The number of amides is 1. The van der Waals surface area contributed by atoms with Gasteiger partial charge in [0.2, 0.25) is 5.91 Å². The fourth-order valence-corrected chi connectivity index (χ4v) is 2.86. The molecule has 0 bridgehead atoms. The van der Waals surface area contributed by atoms with Gasteiger partial charge >= 0.3 is 0 Å². The summed E-state index contributed by atoms with van der Waals surface area (Å²) in [7, 11) is 3.40. The van der Waals surface area contributed by atoms with Crippen LogP contribution in [0.4, 0.5) is 0 Å². The van der Waals surface area contributed by atoms with Crippen molar-refractivity contribution in [2.45, 2.75) is 31.7 Å². The van der Waals surface area contributed by atoms with E-state index in [4.69, 9.17) is 15.2 Å². The first-order valence-corrected chi connectivity index (χ1v) is 7.85. The molecule has 0 heterocycles. The van der Waals surface area contributed by atoms with Gasteiger partial charge in [0.05, 0.1) is 6.61 Å². The number of likely N-dealkylation sites (N-methyl/N-ethyl adjacent to an activating group) is 1. The third-order valence-electron chi connectivity index (χ3n) is 4.11. The van der Waals surface area contributed by atoms with Crippen LogP contribution in [-0.2, 0) is 14.3 Å². The van der Waals surface area contributed by atoms with E-state index in [1.54, 1.807) is 14.2 Å². The van der Waals surface area contributed by atoms with E-state index in [0.29, 0.717) is 19.1 Å². The number of primary amides is 1. The Kier molecular flexibility index (Phi) is 8.18. The van der Waals surface area contributed by atoms with Gasteiger partial charge in [0, 0.05) is 40.5 Å². The van der Waals surface area contributed by atoms with Crippen molar-refractivity contribution >= 4 is 5.91 Å². The molecule has 1 aliphatic carbocycles. The molecule has 0 aliphatic heterocycles. The van der Waals surface area contributed by atoms with Crippen molar-refractivity contribution in [1.29, 1.82) is 0 Å². The molecule has 1 saturated carbocycles. The van der Waals surface area contributed by atoms with Crippen molar-refractivity contribution in [2.75, 3.05) is 53.6 Å². The van der Waals surface area contributed by atoms with E-state index in [-0.39, 0.29) is 5.91 Å². The maximum Gasteiger partial charge on any atom is 0.239 e. The number of nitrogens with two attached hydrogens (primary N) is 1. The predicted octanol–water partition coefficient (Wildman–Crippen LogP) is 0.215. The van der Waals surface area contributed by atoms with Crippen molar-refractivity contribution in [3.05, 3.63) is 0 Å². The van der Waals surface area contributed by atoms with Crippen LogP contribution in [0.25, 0.3) is 0 Å². The summed E-state index contributed by atoms with van der Waals surface area (Å²) in [4.78, 5) is 14.4. The van der Waals surface area contributed by atoms with Gasteiger partial charge in [-0.2, -0.15) is 0 Å². The van der Waals surface area contributed by atoms with E-state index in [9.17, 15) is 4.79 Å².